The Balaban J connectivity index is 1.49. The van der Waals surface area contributed by atoms with E-state index in [1.165, 1.54) is 6.07 Å². The topological polar surface area (TPSA) is 51.0 Å². The molecule has 26 heavy (non-hydrogen) atoms. The summed E-state index contributed by atoms with van der Waals surface area (Å²) in [7, 11) is 0. The van der Waals surface area contributed by atoms with Crippen LogP contribution < -0.4 is 0 Å². The molecule has 134 valence electrons. The SMILES string of the molecule is Cc1nc2ccccc2n1C1CN(C(=O)c2ccc(C(F)(F)F)nc2)C1. The summed E-state index contributed by atoms with van der Waals surface area (Å²) in [4.78, 5) is 21.9. The molecule has 0 radical (unpaired) electrons. The summed E-state index contributed by atoms with van der Waals surface area (Å²) in [6, 6.07) is 9.90. The zero-order valence-corrected chi connectivity index (χ0v) is 13.9. The average molecular weight is 360 g/mol. The summed E-state index contributed by atoms with van der Waals surface area (Å²) in [6.45, 7) is 2.90. The smallest absolute Gasteiger partial charge is 0.334 e. The van der Waals surface area contributed by atoms with Gasteiger partial charge in [-0.1, -0.05) is 12.1 Å². The first-order valence-electron chi connectivity index (χ1n) is 8.10. The molecule has 0 N–H and O–H groups in total. The van der Waals surface area contributed by atoms with Crippen LogP contribution in [0.15, 0.2) is 42.6 Å². The number of nitrogens with zero attached hydrogens (tertiary/aromatic N) is 4. The molecule has 1 aliphatic rings. The van der Waals surface area contributed by atoms with E-state index < -0.39 is 11.9 Å². The fourth-order valence-electron chi connectivity index (χ4n) is 3.28. The standard InChI is InChI=1S/C18H15F3N4O/c1-11-23-14-4-2-3-5-15(14)25(11)13-9-24(10-13)17(26)12-6-7-16(22-8-12)18(19,20)21/h2-8,13H,9-10H2,1H3. The molecule has 4 rings (SSSR count). The Labute approximate surface area is 147 Å². The maximum absolute atomic E-state index is 12.6. The van der Waals surface area contributed by atoms with Gasteiger partial charge in [0.15, 0.2) is 0 Å². The molecule has 1 aromatic carbocycles. The molecule has 0 spiro atoms. The highest BCUT2D eigenvalue weighted by Crippen LogP contribution is 2.30. The second-order valence-electron chi connectivity index (χ2n) is 6.31. The Kier molecular flexibility index (Phi) is 3.71. The lowest BCUT2D eigenvalue weighted by atomic mass is 10.1. The number of aryl methyl sites for hydroxylation is 1. The summed E-state index contributed by atoms with van der Waals surface area (Å²) in [5, 5.41) is 0. The van der Waals surface area contributed by atoms with E-state index in [1.54, 1.807) is 4.90 Å². The van der Waals surface area contributed by atoms with E-state index >= 15 is 0 Å². The highest BCUT2D eigenvalue weighted by atomic mass is 19.4. The van der Waals surface area contributed by atoms with Crippen LogP contribution in [0.1, 0.15) is 27.9 Å². The number of imidazole rings is 1. The largest absolute Gasteiger partial charge is 0.433 e. The third-order valence-corrected chi connectivity index (χ3v) is 4.59. The molecular weight excluding hydrogens is 345 g/mol. The highest BCUT2D eigenvalue weighted by Gasteiger charge is 2.35. The Bertz CT molecular complexity index is 972. The molecule has 0 bridgehead atoms. The number of rotatable bonds is 2. The quantitative estimate of drug-likeness (QED) is 0.703. The van der Waals surface area contributed by atoms with Crippen molar-refractivity contribution in [2.75, 3.05) is 13.1 Å². The van der Waals surface area contributed by atoms with Gasteiger partial charge in [-0.2, -0.15) is 13.2 Å². The highest BCUT2D eigenvalue weighted by molar-refractivity contribution is 5.94. The molecule has 1 aliphatic heterocycles. The molecule has 3 aromatic rings. The van der Waals surface area contributed by atoms with Gasteiger partial charge in [-0.05, 0) is 31.2 Å². The Morgan fingerprint density at radius 2 is 1.88 bits per heavy atom. The second kappa shape index (κ2) is 5.82. The second-order valence-corrected chi connectivity index (χ2v) is 6.31. The average Bonchev–Trinajstić information content (AvgIpc) is 2.89. The minimum atomic E-state index is -4.51. The van der Waals surface area contributed by atoms with Crippen LogP contribution in [-0.2, 0) is 6.18 Å². The maximum atomic E-state index is 12.6. The van der Waals surface area contributed by atoms with Crippen molar-refractivity contribution in [2.45, 2.75) is 19.1 Å². The van der Waals surface area contributed by atoms with Crippen molar-refractivity contribution < 1.29 is 18.0 Å². The number of amides is 1. The number of likely N-dealkylation sites (tertiary alicyclic amines) is 1. The molecule has 1 fully saturated rings. The number of alkyl halides is 3. The van der Waals surface area contributed by atoms with Crippen molar-refractivity contribution in [3.8, 4) is 0 Å². The van der Waals surface area contributed by atoms with Gasteiger partial charge in [0.25, 0.3) is 5.91 Å². The van der Waals surface area contributed by atoms with Crippen molar-refractivity contribution in [1.82, 2.24) is 19.4 Å². The first-order chi connectivity index (χ1) is 12.3. The lowest BCUT2D eigenvalue weighted by molar-refractivity contribution is -0.141. The van der Waals surface area contributed by atoms with E-state index in [-0.39, 0.29) is 17.5 Å². The zero-order valence-electron chi connectivity index (χ0n) is 13.9. The molecule has 0 unspecified atom stereocenters. The number of fused-ring (bicyclic) bond motifs is 1. The van der Waals surface area contributed by atoms with Gasteiger partial charge >= 0.3 is 6.18 Å². The summed E-state index contributed by atoms with van der Waals surface area (Å²) in [5.74, 6) is 0.559. The van der Waals surface area contributed by atoms with Crippen LogP contribution >= 0.6 is 0 Å². The molecule has 5 nitrogen and oxygen atoms in total. The summed E-state index contributed by atoms with van der Waals surface area (Å²) >= 11 is 0. The minimum Gasteiger partial charge on any atom is -0.334 e. The predicted octanol–water partition coefficient (Wildman–Crippen LogP) is 3.46. The molecule has 8 heteroatoms. The summed E-state index contributed by atoms with van der Waals surface area (Å²) in [6.07, 6.45) is -3.53. The number of carbonyl (C=O) groups excluding carboxylic acids is 1. The minimum absolute atomic E-state index is 0.105. The van der Waals surface area contributed by atoms with E-state index in [0.29, 0.717) is 13.1 Å². The number of hydrogen-bond acceptors (Lipinski definition) is 3. The van der Waals surface area contributed by atoms with Gasteiger partial charge in [0.2, 0.25) is 0 Å². The number of pyridine rings is 1. The van der Waals surface area contributed by atoms with Gasteiger partial charge in [0.05, 0.1) is 22.6 Å². The number of carbonyl (C=O) groups is 1. The Morgan fingerprint density at radius 1 is 1.15 bits per heavy atom. The van der Waals surface area contributed by atoms with Gasteiger partial charge < -0.3 is 9.47 Å². The van der Waals surface area contributed by atoms with Crippen LogP contribution in [0.5, 0.6) is 0 Å². The molecule has 3 heterocycles. The van der Waals surface area contributed by atoms with Crippen molar-refractivity contribution in [3.63, 3.8) is 0 Å². The summed E-state index contributed by atoms with van der Waals surface area (Å²) in [5.41, 5.74) is 1.07. The number of aromatic nitrogens is 3. The number of benzene rings is 1. The van der Waals surface area contributed by atoms with E-state index in [0.717, 1.165) is 29.1 Å². The van der Waals surface area contributed by atoms with Crippen molar-refractivity contribution in [1.29, 1.82) is 0 Å². The first kappa shape index (κ1) is 16.6. The Morgan fingerprint density at radius 3 is 2.54 bits per heavy atom. The number of hydrogen-bond donors (Lipinski definition) is 0. The van der Waals surface area contributed by atoms with Crippen molar-refractivity contribution >= 4 is 16.9 Å². The van der Waals surface area contributed by atoms with Crippen LogP contribution in [0.25, 0.3) is 11.0 Å². The Hall–Kier alpha value is -2.90. The number of halogens is 3. The molecule has 0 saturated carbocycles. The molecule has 1 amide bonds. The summed E-state index contributed by atoms with van der Waals surface area (Å²) < 4.78 is 39.8. The third kappa shape index (κ3) is 2.71. The zero-order chi connectivity index (χ0) is 18.5. The normalized spacial score (nSPS) is 15.3. The first-order valence-corrected chi connectivity index (χ1v) is 8.10. The van der Waals surface area contributed by atoms with Crippen LogP contribution in [0.2, 0.25) is 0 Å². The van der Waals surface area contributed by atoms with Gasteiger partial charge in [0.1, 0.15) is 11.5 Å². The molecule has 1 saturated heterocycles. The predicted molar refractivity (Wildman–Crippen MR) is 88.6 cm³/mol. The van der Waals surface area contributed by atoms with E-state index in [1.807, 2.05) is 31.2 Å². The lowest BCUT2D eigenvalue weighted by Crippen LogP contribution is -2.50. The lowest BCUT2D eigenvalue weighted by Gasteiger charge is -2.40. The molecule has 0 atom stereocenters. The van der Waals surface area contributed by atoms with E-state index in [9.17, 15) is 18.0 Å². The van der Waals surface area contributed by atoms with E-state index in [4.69, 9.17) is 0 Å². The fraction of sp³-hybridized carbons (Fsp3) is 0.278. The van der Waals surface area contributed by atoms with Gasteiger partial charge in [0, 0.05) is 19.3 Å². The monoisotopic (exact) mass is 360 g/mol. The van der Waals surface area contributed by atoms with Gasteiger partial charge in [-0.3, -0.25) is 9.78 Å². The van der Waals surface area contributed by atoms with Crippen LogP contribution in [0.4, 0.5) is 13.2 Å². The van der Waals surface area contributed by atoms with Gasteiger partial charge in [-0.25, -0.2) is 4.98 Å². The van der Waals surface area contributed by atoms with Gasteiger partial charge in [-0.15, -0.1) is 0 Å². The van der Waals surface area contributed by atoms with Crippen molar-refractivity contribution in [3.05, 3.63) is 59.7 Å². The molecule has 0 aliphatic carbocycles. The molecular formula is C18H15F3N4O. The molecule has 2 aromatic heterocycles. The maximum Gasteiger partial charge on any atom is 0.433 e. The number of para-hydroxylation sites is 2. The van der Waals surface area contributed by atoms with Crippen LogP contribution in [0.3, 0.4) is 0 Å². The van der Waals surface area contributed by atoms with E-state index in [2.05, 4.69) is 14.5 Å². The van der Waals surface area contributed by atoms with Crippen LogP contribution in [0, 0.1) is 6.92 Å². The van der Waals surface area contributed by atoms with Crippen LogP contribution in [-0.4, -0.2) is 38.4 Å². The third-order valence-electron chi connectivity index (χ3n) is 4.59. The van der Waals surface area contributed by atoms with Crippen molar-refractivity contribution in [2.24, 2.45) is 0 Å². The fourth-order valence-corrected chi connectivity index (χ4v) is 3.28.